The van der Waals surface area contributed by atoms with Crippen LogP contribution in [0, 0.1) is 12.7 Å². The molecule has 1 N–H and O–H groups in total. The number of benzene rings is 2. The zero-order valence-corrected chi connectivity index (χ0v) is 13.1. The SMILES string of the molecule is CCCNC(C)Cc1ccc(-c2cc(C)ccc2F)cc1. The van der Waals surface area contributed by atoms with Crippen LogP contribution in [0.1, 0.15) is 31.4 Å². The fourth-order valence-corrected chi connectivity index (χ4v) is 2.50. The highest BCUT2D eigenvalue weighted by atomic mass is 19.1. The number of nitrogens with one attached hydrogen (secondary N) is 1. The highest BCUT2D eigenvalue weighted by Crippen LogP contribution is 2.24. The largest absolute Gasteiger partial charge is 0.314 e. The van der Waals surface area contributed by atoms with Crippen LogP contribution in [0.2, 0.25) is 0 Å². The van der Waals surface area contributed by atoms with E-state index in [9.17, 15) is 4.39 Å². The molecule has 0 heterocycles. The first-order valence-corrected chi connectivity index (χ1v) is 7.69. The van der Waals surface area contributed by atoms with Crippen LogP contribution < -0.4 is 5.32 Å². The van der Waals surface area contributed by atoms with Gasteiger partial charge in [0.05, 0.1) is 0 Å². The molecule has 0 aliphatic rings. The second kappa shape index (κ2) is 7.37. The first-order valence-electron chi connectivity index (χ1n) is 7.69. The van der Waals surface area contributed by atoms with Crippen molar-refractivity contribution in [1.82, 2.24) is 5.32 Å². The Morgan fingerprint density at radius 1 is 1.10 bits per heavy atom. The minimum atomic E-state index is -0.161. The van der Waals surface area contributed by atoms with Gasteiger partial charge in [-0.25, -0.2) is 4.39 Å². The van der Waals surface area contributed by atoms with E-state index >= 15 is 0 Å². The van der Waals surface area contributed by atoms with Gasteiger partial charge in [-0.2, -0.15) is 0 Å². The van der Waals surface area contributed by atoms with Crippen LogP contribution in [-0.4, -0.2) is 12.6 Å². The van der Waals surface area contributed by atoms with Gasteiger partial charge in [0.15, 0.2) is 0 Å². The van der Waals surface area contributed by atoms with Crippen molar-refractivity contribution in [3.8, 4) is 11.1 Å². The molecule has 2 aromatic rings. The summed E-state index contributed by atoms with van der Waals surface area (Å²) in [6, 6.07) is 13.9. The molecular formula is C19H24FN. The van der Waals surface area contributed by atoms with Crippen LogP contribution >= 0.6 is 0 Å². The molecule has 0 amide bonds. The minimum Gasteiger partial charge on any atom is -0.314 e. The summed E-state index contributed by atoms with van der Waals surface area (Å²) in [7, 11) is 0. The van der Waals surface area contributed by atoms with E-state index in [1.54, 1.807) is 6.07 Å². The fourth-order valence-electron chi connectivity index (χ4n) is 2.50. The van der Waals surface area contributed by atoms with Crippen molar-refractivity contribution >= 4 is 0 Å². The van der Waals surface area contributed by atoms with Gasteiger partial charge in [0, 0.05) is 11.6 Å². The Morgan fingerprint density at radius 3 is 2.48 bits per heavy atom. The van der Waals surface area contributed by atoms with Gasteiger partial charge in [-0.3, -0.25) is 0 Å². The molecule has 0 saturated carbocycles. The summed E-state index contributed by atoms with van der Waals surface area (Å²) in [4.78, 5) is 0. The van der Waals surface area contributed by atoms with Gasteiger partial charge >= 0.3 is 0 Å². The maximum Gasteiger partial charge on any atom is 0.131 e. The van der Waals surface area contributed by atoms with Crippen LogP contribution in [-0.2, 0) is 6.42 Å². The maximum atomic E-state index is 13.9. The molecule has 1 atom stereocenters. The predicted molar refractivity (Wildman–Crippen MR) is 88.0 cm³/mol. The molecule has 1 unspecified atom stereocenters. The van der Waals surface area contributed by atoms with Crippen molar-refractivity contribution in [3.63, 3.8) is 0 Å². The molecule has 2 heteroatoms. The Bertz CT molecular complexity index is 575. The number of aryl methyl sites for hydroxylation is 1. The molecule has 0 saturated heterocycles. The molecule has 0 aliphatic heterocycles. The standard InChI is InChI=1S/C19H24FN/c1-4-11-21-15(3)13-16-6-8-17(9-7-16)18-12-14(2)5-10-19(18)20/h5-10,12,15,21H,4,11,13H2,1-3H3. The maximum absolute atomic E-state index is 13.9. The van der Waals surface area contributed by atoms with Gasteiger partial charge in [-0.05, 0) is 56.5 Å². The van der Waals surface area contributed by atoms with Crippen LogP contribution in [0.25, 0.3) is 11.1 Å². The van der Waals surface area contributed by atoms with Gasteiger partial charge < -0.3 is 5.32 Å². The van der Waals surface area contributed by atoms with E-state index in [-0.39, 0.29) is 5.82 Å². The third kappa shape index (κ3) is 4.40. The van der Waals surface area contributed by atoms with Crippen molar-refractivity contribution in [2.24, 2.45) is 0 Å². The summed E-state index contributed by atoms with van der Waals surface area (Å²) in [5, 5.41) is 3.48. The quantitative estimate of drug-likeness (QED) is 0.809. The zero-order valence-electron chi connectivity index (χ0n) is 13.1. The second-order valence-corrected chi connectivity index (χ2v) is 5.74. The van der Waals surface area contributed by atoms with E-state index in [1.807, 2.05) is 25.1 Å². The zero-order chi connectivity index (χ0) is 15.2. The Labute approximate surface area is 127 Å². The van der Waals surface area contributed by atoms with Gasteiger partial charge in [-0.15, -0.1) is 0 Å². The highest BCUT2D eigenvalue weighted by molar-refractivity contribution is 5.65. The van der Waals surface area contributed by atoms with Crippen LogP contribution in [0.3, 0.4) is 0 Å². The number of hydrogen-bond donors (Lipinski definition) is 1. The lowest BCUT2D eigenvalue weighted by molar-refractivity contribution is 0.543. The lowest BCUT2D eigenvalue weighted by Gasteiger charge is -2.13. The van der Waals surface area contributed by atoms with E-state index in [4.69, 9.17) is 0 Å². The average molecular weight is 285 g/mol. The first-order chi connectivity index (χ1) is 10.1. The molecular weight excluding hydrogens is 261 g/mol. The molecule has 0 aliphatic carbocycles. The smallest absolute Gasteiger partial charge is 0.131 e. The molecule has 21 heavy (non-hydrogen) atoms. The van der Waals surface area contributed by atoms with Crippen molar-refractivity contribution in [2.75, 3.05) is 6.54 Å². The Kier molecular flexibility index (Phi) is 5.51. The van der Waals surface area contributed by atoms with Gasteiger partial charge in [0.2, 0.25) is 0 Å². The lowest BCUT2D eigenvalue weighted by Crippen LogP contribution is -2.28. The Balaban J connectivity index is 2.10. The third-order valence-electron chi connectivity index (χ3n) is 3.67. The van der Waals surface area contributed by atoms with E-state index in [0.717, 1.165) is 30.5 Å². The molecule has 0 fully saturated rings. The van der Waals surface area contributed by atoms with Crippen LogP contribution in [0.15, 0.2) is 42.5 Å². The predicted octanol–water partition coefficient (Wildman–Crippen LogP) is 4.73. The first kappa shape index (κ1) is 15.7. The molecule has 0 radical (unpaired) electrons. The lowest BCUT2D eigenvalue weighted by atomic mass is 9.99. The molecule has 1 nitrogen and oxygen atoms in total. The second-order valence-electron chi connectivity index (χ2n) is 5.74. The Morgan fingerprint density at radius 2 is 1.81 bits per heavy atom. The van der Waals surface area contributed by atoms with Crippen molar-refractivity contribution < 1.29 is 4.39 Å². The van der Waals surface area contributed by atoms with E-state index in [2.05, 4.69) is 31.3 Å². The molecule has 0 spiro atoms. The minimum absolute atomic E-state index is 0.161. The summed E-state index contributed by atoms with van der Waals surface area (Å²) in [6.45, 7) is 7.40. The molecule has 2 rings (SSSR count). The molecule has 112 valence electrons. The molecule has 2 aromatic carbocycles. The van der Waals surface area contributed by atoms with Gasteiger partial charge in [-0.1, -0.05) is 42.8 Å². The summed E-state index contributed by atoms with van der Waals surface area (Å²) in [6.07, 6.45) is 2.15. The molecule has 0 bridgehead atoms. The number of hydrogen-bond acceptors (Lipinski definition) is 1. The van der Waals surface area contributed by atoms with E-state index in [0.29, 0.717) is 11.6 Å². The third-order valence-corrected chi connectivity index (χ3v) is 3.67. The van der Waals surface area contributed by atoms with Crippen molar-refractivity contribution in [2.45, 2.75) is 39.7 Å². The Hall–Kier alpha value is -1.67. The van der Waals surface area contributed by atoms with E-state index in [1.165, 1.54) is 11.6 Å². The van der Waals surface area contributed by atoms with Crippen LogP contribution in [0.5, 0.6) is 0 Å². The van der Waals surface area contributed by atoms with E-state index < -0.39 is 0 Å². The highest BCUT2D eigenvalue weighted by Gasteiger charge is 2.06. The summed E-state index contributed by atoms with van der Waals surface area (Å²) < 4.78 is 13.9. The normalized spacial score (nSPS) is 12.4. The average Bonchev–Trinajstić information content (AvgIpc) is 2.48. The number of halogens is 1. The van der Waals surface area contributed by atoms with Crippen LogP contribution in [0.4, 0.5) is 4.39 Å². The summed E-state index contributed by atoms with van der Waals surface area (Å²) in [5.74, 6) is -0.161. The molecule has 0 aromatic heterocycles. The summed E-state index contributed by atoms with van der Waals surface area (Å²) >= 11 is 0. The topological polar surface area (TPSA) is 12.0 Å². The number of rotatable bonds is 6. The van der Waals surface area contributed by atoms with Crippen molar-refractivity contribution in [3.05, 3.63) is 59.4 Å². The fraction of sp³-hybridized carbons (Fsp3) is 0.368. The van der Waals surface area contributed by atoms with Crippen molar-refractivity contribution in [1.29, 1.82) is 0 Å². The monoisotopic (exact) mass is 285 g/mol. The van der Waals surface area contributed by atoms with Gasteiger partial charge in [0.1, 0.15) is 5.82 Å². The van der Waals surface area contributed by atoms with Gasteiger partial charge in [0.25, 0.3) is 0 Å². The summed E-state index contributed by atoms with van der Waals surface area (Å²) in [5.41, 5.74) is 3.98.